The largest absolute Gasteiger partial charge is 0.492 e. The first-order valence-electron chi connectivity index (χ1n) is 11.1. The molecule has 0 bridgehead atoms. The van der Waals surface area contributed by atoms with E-state index in [-0.39, 0.29) is 11.2 Å². The highest BCUT2D eigenvalue weighted by atomic mass is 32.2. The fourth-order valence-corrected chi connectivity index (χ4v) is 6.51. The Morgan fingerprint density at radius 1 is 1.03 bits per heavy atom. The third-order valence-electron chi connectivity index (χ3n) is 6.91. The van der Waals surface area contributed by atoms with Gasteiger partial charge in [0.1, 0.15) is 16.5 Å². The number of nitrogens with zero attached hydrogens (tertiary/aromatic N) is 2. The maximum absolute atomic E-state index is 13.5. The lowest BCUT2D eigenvalue weighted by Crippen LogP contribution is -2.51. The molecule has 2 aliphatic heterocycles. The summed E-state index contributed by atoms with van der Waals surface area (Å²) in [5.41, 5.74) is 0.910. The van der Waals surface area contributed by atoms with Crippen LogP contribution in [0, 0.1) is 17.2 Å². The number of likely N-dealkylation sites (tertiary alicyclic amines) is 1. The minimum atomic E-state index is -3.58. The quantitative estimate of drug-likeness (QED) is 0.718. The Bertz CT molecular complexity index is 1030. The second-order valence-electron chi connectivity index (χ2n) is 9.38. The van der Waals surface area contributed by atoms with Crippen molar-refractivity contribution in [3.05, 3.63) is 59.9 Å². The molecule has 2 aromatic carbocycles. The van der Waals surface area contributed by atoms with Crippen LogP contribution in [0.1, 0.15) is 31.2 Å². The van der Waals surface area contributed by atoms with E-state index in [1.54, 1.807) is 22.5 Å². The SMILES string of the molecule is O=S1(=O)c2ccccc2OCC2(CCN(Cc3ccc(F)cc3)CC2)CN1CC1CC1. The van der Waals surface area contributed by atoms with E-state index >= 15 is 0 Å². The molecule has 166 valence electrons. The molecule has 5 nitrogen and oxygen atoms in total. The first-order valence-corrected chi connectivity index (χ1v) is 12.6. The summed E-state index contributed by atoms with van der Waals surface area (Å²) in [6, 6.07) is 13.7. The van der Waals surface area contributed by atoms with Crippen LogP contribution in [0.4, 0.5) is 4.39 Å². The number of hydrogen-bond donors (Lipinski definition) is 0. The second kappa shape index (κ2) is 8.19. The number of halogens is 1. The number of sulfonamides is 1. The van der Waals surface area contributed by atoms with Crippen molar-refractivity contribution in [3.63, 3.8) is 0 Å². The fraction of sp³-hybridized carbons (Fsp3) is 0.500. The van der Waals surface area contributed by atoms with Crippen LogP contribution < -0.4 is 4.74 Å². The predicted octanol–water partition coefficient (Wildman–Crippen LogP) is 3.90. The molecule has 0 atom stereocenters. The minimum Gasteiger partial charge on any atom is -0.492 e. The van der Waals surface area contributed by atoms with Crippen LogP contribution in [-0.2, 0) is 16.6 Å². The highest BCUT2D eigenvalue weighted by molar-refractivity contribution is 7.89. The molecule has 3 aliphatic rings. The molecule has 0 amide bonds. The molecule has 7 heteroatoms. The zero-order valence-electron chi connectivity index (χ0n) is 17.7. The van der Waals surface area contributed by atoms with Crippen molar-refractivity contribution < 1.29 is 17.5 Å². The Morgan fingerprint density at radius 3 is 2.45 bits per heavy atom. The molecule has 0 N–H and O–H groups in total. The third-order valence-corrected chi connectivity index (χ3v) is 8.76. The van der Waals surface area contributed by atoms with E-state index in [1.807, 2.05) is 18.2 Å². The van der Waals surface area contributed by atoms with E-state index in [1.165, 1.54) is 12.1 Å². The van der Waals surface area contributed by atoms with Gasteiger partial charge in [0.2, 0.25) is 10.0 Å². The second-order valence-corrected chi connectivity index (χ2v) is 11.3. The molecule has 1 aliphatic carbocycles. The van der Waals surface area contributed by atoms with Crippen LogP contribution in [0.3, 0.4) is 0 Å². The first-order chi connectivity index (χ1) is 14.9. The van der Waals surface area contributed by atoms with Gasteiger partial charge in [-0.3, -0.25) is 4.90 Å². The summed E-state index contributed by atoms with van der Waals surface area (Å²) < 4.78 is 48.1. The molecule has 2 heterocycles. The molecule has 31 heavy (non-hydrogen) atoms. The highest BCUT2D eigenvalue weighted by Gasteiger charge is 2.44. The number of para-hydroxylation sites is 1. The van der Waals surface area contributed by atoms with Gasteiger partial charge in [0.05, 0.1) is 6.61 Å². The van der Waals surface area contributed by atoms with E-state index in [2.05, 4.69) is 4.90 Å². The van der Waals surface area contributed by atoms with Crippen LogP contribution in [-0.4, -0.2) is 50.4 Å². The molecule has 5 rings (SSSR count). The maximum atomic E-state index is 13.5. The summed E-state index contributed by atoms with van der Waals surface area (Å²) in [5.74, 6) is 0.735. The normalized spacial score (nSPS) is 23.5. The van der Waals surface area contributed by atoms with Crippen LogP contribution in [0.25, 0.3) is 0 Å². The number of fused-ring (bicyclic) bond motifs is 1. The monoisotopic (exact) mass is 444 g/mol. The molecule has 2 fully saturated rings. The molecule has 1 saturated heterocycles. The van der Waals surface area contributed by atoms with Crippen LogP contribution in [0.5, 0.6) is 5.75 Å². The highest BCUT2D eigenvalue weighted by Crippen LogP contribution is 2.41. The van der Waals surface area contributed by atoms with Crippen molar-refractivity contribution in [2.45, 2.75) is 37.1 Å². The van der Waals surface area contributed by atoms with Crippen molar-refractivity contribution in [2.75, 3.05) is 32.8 Å². The van der Waals surface area contributed by atoms with Gasteiger partial charge >= 0.3 is 0 Å². The molecule has 0 radical (unpaired) electrons. The lowest BCUT2D eigenvalue weighted by molar-refractivity contribution is 0.0319. The van der Waals surface area contributed by atoms with Crippen LogP contribution in [0.15, 0.2) is 53.4 Å². The Morgan fingerprint density at radius 2 is 1.74 bits per heavy atom. The standard InChI is InChI=1S/C24H29FN2O3S/c25-21-9-7-19(8-10-21)15-26-13-11-24(12-14-26)17-27(16-20-5-6-20)31(28,29)23-4-2-1-3-22(23)30-18-24/h1-4,7-10,20H,5-6,11-18H2. The summed E-state index contributed by atoms with van der Waals surface area (Å²) in [4.78, 5) is 2.66. The average molecular weight is 445 g/mol. The van der Waals surface area contributed by atoms with Crippen molar-refractivity contribution in [1.82, 2.24) is 9.21 Å². The Hall–Kier alpha value is -1.96. The first kappa shape index (κ1) is 20.9. The number of rotatable bonds is 4. The number of piperidine rings is 1. The topological polar surface area (TPSA) is 49.9 Å². The molecular weight excluding hydrogens is 415 g/mol. The number of hydrogen-bond acceptors (Lipinski definition) is 4. The zero-order chi connectivity index (χ0) is 21.5. The summed E-state index contributed by atoms with van der Waals surface area (Å²) in [6.45, 7) is 4.19. The molecule has 1 saturated carbocycles. The third kappa shape index (κ3) is 4.49. The van der Waals surface area contributed by atoms with Gasteiger partial charge in [-0.15, -0.1) is 0 Å². The van der Waals surface area contributed by atoms with Crippen molar-refractivity contribution in [2.24, 2.45) is 11.3 Å². The Balaban J connectivity index is 1.35. The lowest BCUT2D eigenvalue weighted by atomic mass is 9.78. The van der Waals surface area contributed by atoms with Gasteiger partial charge in [-0.25, -0.2) is 12.8 Å². The summed E-state index contributed by atoms with van der Waals surface area (Å²) in [6.07, 6.45) is 3.99. The summed E-state index contributed by atoms with van der Waals surface area (Å²) in [5, 5.41) is 0. The summed E-state index contributed by atoms with van der Waals surface area (Å²) in [7, 11) is -3.58. The predicted molar refractivity (Wildman–Crippen MR) is 117 cm³/mol. The van der Waals surface area contributed by atoms with E-state index in [0.717, 1.165) is 50.9 Å². The molecule has 2 aromatic rings. The Kier molecular flexibility index (Phi) is 5.52. The van der Waals surface area contributed by atoms with Crippen LogP contribution >= 0.6 is 0 Å². The van der Waals surface area contributed by atoms with E-state index < -0.39 is 10.0 Å². The fourth-order valence-electron chi connectivity index (χ4n) is 4.74. The van der Waals surface area contributed by atoms with Crippen molar-refractivity contribution in [1.29, 1.82) is 0 Å². The van der Waals surface area contributed by atoms with Crippen LogP contribution in [0.2, 0.25) is 0 Å². The average Bonchev–Trinajstić information content (AvgIpc) is 3.59. The zero-order valence-corrected chi connectivity index (χ0v) is 18.5. The lowest BCUT2D eigenvalue weighted by Gasteiger charge is -2.45. The minimum absolute atomic E-state index is 0.186. The van der Waals surface area contributed by atoms with Gasteiger partial charge in [-0.05, 0) is 74.5 Å². The van der Waals surface area contributed by atoms with Gasteiger partial charge in [0.25, 0.3) is 0 Å². The van der Waals surface area contributed by atoms with Gasteiger partial charge < -0.3 is 4.74 Å². The van der Waals surface area contributed by atoms with E-state index in [9.17, 15) is 12.8 Å². The van der Waals surface area contributed by atoms with Gasteiger partial charge in [0, 0.05) is 25.0 Å². The molecule has 0 aromatic heterocycles. The van der Waals surface area contributed by atoms with Gasteiger partial charge in [0.15, 0.2) is 0 Å². The molecule has 1 spiro atoms. The smallest absolute Gasteiger partial charge is 0.246 e. The summed E-state index contributed by atoms with van der Waals surface area (Å²) >= 11 is 0. The number of benzene rings is 2. The van der Waals surface area contributed by atoms with Gasteiger partial charge in [-0.2, -0.15) is 4.31 Å². The van der Waals surface area contributed by atoms with E-state index in [4.69, 9.17) is 4.74 Å². The van der Waals surface area contributed by atoms with Crippen molar-refractivity contribution in [3.8, 4) is 5.75 Å². The number of ether oxygens (including phenoxy) is 1. The van der Waals surface area contributed by atoms with Crippen molar-refractivity contribution >= 4 is 10.0 Å². The van der Waals surface area contributed by atoms with E-state index in [0.29, 0.717) is 36.3 Å². The molecule has 0 unspecified atom stereocenters. The van der Waals surface area contributed by atoms with Gasteiger partial charge in [-0.1, -0.05) is 24.3 Å². The molecular formula is C24H29FN2O3S. The maximum Gasteiger partial charge on any atom is 0.246 e. The Labute approximate surface area is 183 Å².